The maximum Gasteiger partial charge on any atom is 0.224 e. The van der Waals surface area contributed by atoms with E-state index < -0.39 is 0 Å². The molecule has 0 atom stereocenters. The highest BCUT2D eigenvalue weighted by Crippen LogP contribution is 2.31. The molecule has 6 nitrogen and oxygen atoms in total. The van der Waals surface area contributed by atoms with Gasteiger partial charge in [0.2, 0.25) is 5.91 Å². The third-order valence-corrected chi connectivity index (χ3v) is 5.12. The Bertz CT molecular complexity index is 1190. The molecule has 0 unspecified atom stereocenters. The SMILES string of the molecule is Cc1cccc(CC(=O)NCCn2ncc(-c3ccc(F)cc3)c2-c2nccn2C)c1. The highest BCUT2D eigenvalue weighted by Gasteiger charge is 2.18. The van der Waals surface area contributed by atoms with Gasteiger partial charge in [0.25, 0.3) is 0 Å². The zero-order valence-electron chi connectivity index (χ0n) is 17.5. The summed E-state index contributed by atoms with van der Waals surface area (Å²) in [5.74, 6) is 0.434. The first-order valence-corrected chi connectivity index (χ1v) is 10.1. The van der Waals surface area contributed by atoms with Crippen LogP contribution in [-0.2, 0) is 24.8 Å². The van der Waals surface area contributed by atoms with Crippen molar-refractivity contribution in [1.82, 2.24) is 24.6 Å². The maximum atomic E-state index is 13.4. The van der Waals surface area contributed by atoms with Crippen LogP contribution < -0.4 is 5.32 Å². The number of hydrogen-bond donors (Lipinski definition) is 1. The van der Waals surface area contributed by atoms with Crippen molar-refractivity contribution in [2.45, 2.75) is 19.9 Å². The number of rotatable bonds is 7. The number of imidazole rings is 1. The Balaban J connectivity index is 1.51. The van der Waals surface area contributed by atoms with Gasteiger partial charge in [-0.1, -0.05) is 42.0 Å². The van der Waals surface area contributed by atoms with Crippen molar-refractivity contribution >= 4 is 5.91 Å². The molecule has 1 N–H and O–H groups in total. The molecule has 0 aliphatic rings. The van der Waals surface area contributed by atoms with E-state index in [4.69, 9.17) is 0 Å². The second-order valence-corrected chi connectivity index (χ2v) is 7.51. The number of hydrogen-bond acceptors (Lipinski definition) is 3. The van der Waals surface area contributed by atoms with Gasteiger partial charge in [0.1, 0.15) is 11.5 Å². The molecule has 1 amide bonds. The van der Waals surface area contributed by atoms with E-state index in [-0.39, 0.29) is 11.7 Å². The van der Waals surface area contributed by atoms with E-state index in [0.29, 0.717) is 19.5 Å². The van der Waals surface area contributed by atoms with Crippen molar-refractivity contribution in [2.75, 3.05) is 6.54 Å². The fourth-order valence-electron chi connectivity index (χ4n) is 3.60. The fourth-order valence-corrected chi connectivity index (χ4v) is 3.60. The number of aromatic nitrogens is 4. The third-order valence-electron chi connectivity index (χ3n) is 5.12. The lowest BCUT2D eigenvalue weighted by Crippen LogP contribution is -2.29. The molecule has 4 rings (SSSR count). The highest BCUT2D eigenvalue weighted by molar-refractivity contribution is 5.79. The van der Waals surface area contributed by atoms with Crippen LogP contribution in [0, 0.1) is 12.7 Å². The van der Waals surface area contributed by atoms with Gasteiger partial charge in [-0.05, 0) is 30.2 Å². The van der Waals surface area contributed by atoms with E-state index in [1.165, 1.54) is 12.1 Å². The Hall–Kier alpha value is -3.74. The summed E-state index contributed by atoms with van der Waals surface area (Å²) in [7, 11) is 1.91. The quantitative estimate of drug-likeness (QED) is 0.498. The van der Waals surface area contributed by atoms with Crippen molar-refractivity contribution in [3.8, 4) is 22.6 Å². The molecule has 0 radical (unpaired) electrons. The minimum atomic E-state index is -0.286. The molecule has 0 spiro atoms. The number of carbonyl (C=O) groups excluding carboxylic acids is 1. The fraction of sp³-hybridized carbons (Fsp3) is 0.208. The Morgan fingerprint density at radius 3 is 2.68 bits per heavy atom. The first-order chi connectivity index (χ1) is 15.0. The second-order valence-electron chi connectivity index (χ2n) is 7.51. The van der Waals surface area contributed by atoms with Crippen LogP contribution in [0.1, 0.15) is 11.1 Å². The second kappa shape index (κ2) is 8.95. The lowest BCUT2D eigenvalue weighted by atomic mass is 10.1. The summed E-state index contributed by atoms with van der Waals surface area (Å²) in [6.45, 7) is 2.94. The van der Waals surface area contributed by atoms with Crippen LogP contribution in [-0.4, -0.2) is 31.8 Å². The first-order valence-electron chi connectivity index (χ1n) is 10.1. The Kier molecular flexibility index (Phi) is 5.93. The zero-order valence-corrected chi connectivity index (χ0v) is 17.5. The number of aryl methyl sites for hydroxylation is 2. The van der Waals surface area contributed by atoms with Crippen LogP contribution in [0.5, 0.6) is 0 Å². The average Bonchev–Trinajstić information content (AvgIpc) is 3.34. The van der Waals surface area contributed by atoms with E-state index in [2.05, 4.69) is 15.4 Å². The number of amides is 1. The van der Waals surface area contributed by atoms with Gasteiger partial charge in [-0.15, -0.1) is 0 Å². The standard InChI is InChI=1S/C24H24FN5O/c1-17-4-3-5-18(14-17)15-22(31)26-11-13-30-23(24-27-10-12-29(24)2)21(16-28-30)19-6-8-20(25)9-7-19/h3-10,12,14,16H,11,13,15H2,1-2H3,(H,26,31). The van der Waals surface area contributed by atoms with Gasteiger partial charge in [-0.25, -0.2) is 9.37 Å². The molecule has 0 saturated carbocycles. The minimum Gasteiger partial charge on any atom is -0.354 e. The Morgan fingerprint density at radius 2 is 1.97 bits per heavy atom. The number of halogens is 1. The van der Waals surface area contributed by atoms with Crippen molar-refractivity contribution < 1.29 is 9.18 Å². The summed E-state index contributed by atoms with van der Waals surface area (Å²) < 4.78 is 17.1. The number of nitrogens with zero attached hydrogens (tertiary/aromatic N) is 4. The Labute approximate surface area is 180 Å². The summed E-state index contributed by atoms with van der Waals surface area (Å²) in [5, 5.41) is 7.49. The molecule has 2 aromatic heterocycles. The molecule has 0 saturated heterocycles. The van der Waals surface area contributed by atoms with Crippen molar-refractivity contribution in [1.29, 1.82) is 0 Å². The molecule has 31 heavy (non-hydrogen) atoms. The van der Waals surface area contributed by atoms with E-state index in [1.54, 1.807) is 24.5 Å². The normalized spacial score (nSPS) is 10.9. The van der Waals surface area contributed by atoms with E-state index >= 15 is 0 Å². The maximum absolute atomic E-state index is 13.4. The number of carbonyl (C=O) groups is 1. The molecule has 0 fully saturated rings. The van der Waals surface area contributed by atoms with Crippen LogP contribution in [0.3, 0.4) is 0 Å². The largest absolute Gasteiger partial charge is 0.354 e. The van der Waals surface area contributed by atoms with Crippen LogP contribution in [0.2, 0.25) is 0 Å². The van der Waals surface area contributed by atoms with Gasteiger partial charge >= 0.3 is 0 Å². The van der Waals surface area contributed by atoms with Crippen LogP contribution in [0.25, 0.3) is 22.6 Å². The first kappa shape index (κ1) is 20.5. The molecule has 2 aromatic carbocycles. The zero-order chi connectivity index (χ0) is 21.8. The molecule has 0 bridgehead atoms. The predicted octanol–water partition coefficient (Wildman–Crippen LogP) is 3.76. The van der Waals surface area contributed by atoms with Crippen LogP contribution in [0.15, 0.2) is 67.1 Å². The summed E-state index contributed by atoms with van der Waals surface area (Å²) in [6, 6.07) is 14.3. The van der Waals surface area contributed by atoms with E-state index in [9.17, 15) is 9.18 Å². The van der Waals surface area contributed by atoms with E-state index in [1.807, 2.05) is 53.7 Å². The topological polar surface area (TPSA) is 64.7 Å². The average molecular weight is 417 g/mol. The van der Waals surface area contributed by atoms with Gasteiger partial charge < -0.3 is 9.88 Å². The Morgan fingerprint density at radius 1 is 1.16 bits per heavy atom. The third kappa shape index (κ3) is 4.71. The molecular weight excluding hydrogens is 393 g/mol. The van der Waals surface area contributed by atoms with Gasteiger partial charge in [0, 0.05) is 31.5 Å². The molecule has 158 valence electrons. The van der Waals surface area contributed by atoms with Crippen LogP contribution in [0.4, 0.5) is 4.39 Å². The number of nitrogens with one attached hydrogen (secondary N) is 1. The van der Waals surface area contributed by atoms with Gasteiger partial charge in [-0.2, -0.15) is 5.10 Å². The lowest BCUT2D eigenvalue weighted by Gasteiger charge is -2.11. The van der Waals surface area contributed by atoms with E-state index in [0.717, 1.165) is 33.8 Å². The summed E-state index contributed by atoms with van der Waals surface area (Å²) in [4.78, 5) is 16.8. The summed E-state index contributed by atoms with van der Waals surface area (Å²) in [6.07, 6.45) is 5.69. The lowest BCUT2D eigenvalue weighted by molar-refractivity contribution is -0.120. The molecular formula is C24H24FN5O. The molecule has 7 heteroatoms. The van der Waals surface area contributed by atoms with Gasteiger partial charge in [-0.3, -0.25) is 9.48 Å². The highest BCUT2D eigenvalue weighted by atomic mass is 19.1. The monoisotopic (exact) mass is 417 g/mol. The van der Waals surface area contributed by atoms with Crippen LogP contribution >= 0.6 is 0 Å². The van der Waals surface area contributed by atoms with Gasteiger partial charge in [0.15, 0.2) is 5.82 Å². The predicted molar refractivity (Wildman–Crippen MR) is 118 cm³/mol. The van der Waals surface area contributed by atoms with Crippen molar-refractivity contribution in [3.05, 3.63) is 84.1 Å². The number of benzene rings is 2. The molecule has 0 aliphatic heterocycles. The molecule has 4 aromatic rings. The minimum absolute atomic E-state index is 0.0324. The van der Waals surface area contributed by atoms with Crippen molar-refractivity contribution in [3.63, 3.8) is 0 Å². The molecule has 2 heterocycles. The summed E-state index contributed by atoms with van der Waals surface area (Å²) in [5.41, 5.74) is 4.67. The molecule has 0 aliphatic carbocycles. The smallest absolute Gasteiger partial charge is 0.224 e. The summed E-state index contributed by atoms with van der Waals surface area (Å²) >= 11 is 0. The van der Waals surface area contributed by atoms with Gasteiger partial charge in [0.05, 0.1) is 19.2 Å². The van der Waals surface area contributed by atoms with Crippen molar-refractivity contribution in [2.24, 2.45) is 7.05 Å².